The minimum atomic E-state index is -8.75. The lowest BCUT2D eigenvalue weighted by atomic mass is 9.89. The maximum absolute atomic E-state index is 13.2. The maximum atomic E-state index is 13.2. The summed E-state index contributed by atoms with van der Waals surface area (Å²) in [6, 6.07) is 0. The van der Waals surface area contributed by atoms with Gasteiger partial charge in [-0.25, -0.2) is 4.79 Å². The third-order valence-corrected chi connectivity index (χ3v) is 3.17. The third kappa shape index (κ3) is 3.32. The van der Waals surface area contributed by atoms with Crippen molar-refractivity contribution in [1.29, 1.82) is 0 Å². The zero-order chi connectivity index (χ0) is 25.0. The van der Waals surface area contributed by atoms with Crippen molar-refractivity contribution in [3.63, 3.8) is 0 Å². The molecular weight excluding hydrogens is 487 g/mol. The van der Waals surface area contributed by atoms with Crippen molar-refractivity contribution in [2.45, 2.75) is 47.6 Å². The van der Waals surface area contributed by atoms with E-state index in [4.69, 9.17) is 0 Å². The van der Waals surface area contributed by atoms with Crippen molar-refractivity contribution >= 4 is 5.97 Å². The average molecular weight is 490 g/mol. The first kappa shape index (κ1) is 28.0. The summed E-state index contributed by atoms with van der Waals surface area (Å²) < 4.78 is 221. The lowest BCUT2D eigenvalue weighted by Crippen LogP contribution is -2.75. The van der Waals surface area contributed by atoms with Crippen LogP contribution in [0.5, 0.6) is 0 Å². The fourth-order valence-electron chi connectivity index (χ4n) is 1.44. The largest absolute Gasteiger partial charge is 0.460 e. The number of ether oxygens (including phenoxy) is 1. The first-order valence-electron chi connectivity index (χ1n) is 6.26. The van der Waals surface area contributed by atoms with Crippen molar-refractivity contribution in [2.75, 3.05) is 0 Å². The van der Waals surface area contributed by atoms with Crippen LogP contribution in [0.2, 0.25) is 0 Å². The van der Waals surface area contributed by atoms with Gasteiger partial charge in [-0.05, 0) is 0 Å². The Morgan fingerprint density at radius 2 is 0.800 bits per heavy atom. The number of carbonyl (C=O) groups is 1. The summed E-state index contributed by atoms with van der Waals surface area (Å²) in [5.41, 5.74) is 0. The van der Waals surface area contributed by atoms with Gasteiger partial charge in [0.05, 0.1) is 6.26 Å². The van der Waals surface area contributed by atoms with E-state index in [0.29, 0.717) is 0 Å². The van der Waals surface area contributed by atoms with Crippen molar-refractivity contribution in [3.05, 3.63) is 12.8 Å². The predicted octanol–water partition coefficient (Wildman–Crippen LogP) is 5.68. The van der Waals surface area contributed by atoms with Crippen LogP contribution in [-0.4, -0.2) is 53.6 Å². The molecule has 0 aliphatic carbocycles. The predicted molar refractivity (Wildman–Crippen MR) is 57.0 cm³/mol. The van der Waals surface area contributed by atoms with Crippen molar-refractivity contribution in [3.8, 4) is 0 Å². The Kier molecular flexibility index (Phi) is 6.56. The van der Waals surface area contributed by atoms with Crippen LogP contribution in [0, 0.1) is 0 Å². The van der Waals surface area contributed by atoms with Gasteiger partial charge >= 0.3 is 53.6 Å². The van der Waals surface area contributed by atoms with Crippen LogP contribution in [0.3, 0.4) is 0 Å². The van der Waals surface area contributed by atoms with Crippen molar-refractivity contribution < 1.29 is 84.2 Å². The maximum Gasteiger partial charge on any atom is 0.460 e. The highest BCUT2D eigenvalue weighted by Crippen LogP contribution is 2.63. The first-order valence-corrected chi connectivity index (χ1v) is 6.26. The highest BCUT2D eigenvalue weighted by molar-refractivity contribution is 5.79. The van der Waals surface area contributed by atoms with Gasteiger partial charge in [-0.15, -0.1) is 0 Å². The normalized spacial score (nSPS) is 15.8. The molecule has 0 spiro atoms. The molecule has 0 saturated heterocycles. The van der Waals surface area contributed by atoms with Crippen molar-refractivity contribution in [1.82, 2.24) is 0 Å². The lowest BCUT2D eigenvalue weighted by molar-refractivity contribution is -0.459. The standard InChI is InChI=1S/C11H3F17O2/c1-2-30-3(29)4(12,13)5(14,15)6(16,17)7(18,19)8(20,21)9(22,23)10(24,25)11(26,27)28/h2H,1H2. The summed E-state index contributed by atoms with van der Waals surface area (Å²) in [5.74, 6) is -62.1. The number of rotatable bonds is 8. The molecule has 0 amide bonds. The van der Waals surface area contributed by atoms with Gasteiger partial charge in [-0.1, -0.05) is 6.58 Å². The number of carbonyl (C=O) groups excluding carboxylic acids is 1. The van der Waals surface area contributed by atoms with Gasteiger partial charge in [-0.3, -0.25) is 0 Å². The van der Waals surface area contributed by atoms with E-state index >= 15 is 0 Å². The molecule has 0 atom stereocenters. The molecule has 0 aromatic rings. The zero-order valence-corrected chi connectivity index (χ0v) is 13.0. The second-order valence-corrected chi connectivity index (χ2v) is 5.09. The van der Waals surface area contributed by atoms with E-state index in [1.54, 1.807) is 0 Å². The molecule has 0 bridgehead atoms. The molecule has 0 saturated carbocycles. The molecule has 0 unspecified atom stereocenters. The van der Waals surface area contributed by atoms with Gasteiger partial charge in [0, 0.05) is 0 Å². The summed E-state index contributed by atoms with van der Waals surface area (Å²) in [6.45, 7) is 2.26. The molecule has 0 aliphatic heterocycles. The molecule has 30 heavy (non-hydrogen) atoms. The van der Waals surface area contributed by atoms with Crippen LogP contribution < -0.4 is 0 Å². The molecule has 0 N–H and O–H groups in total. The SMILES string of the molecule is C=COC(=O)C(F)(F)C(F)(F)C(F)(F)C(F)(F)C(F)(F)C(F)(F)C(F)(F)C(F)(F)F. The fraction of sp³-hybridized carbons (Fsp3) is 0.727. The van der Waals surface area contributed by atoms with Gasteiger partial charge in [0.2, 0.25) is 0 Å². The molecule has 2 nitrogen and oxygen atoms in total. The zero-order valence-electron chi connectivity index (χ0n) is 13.0. The molecule has 0 aromatic heterocycles. The third-order valence-electron chi connectivity index (χ3n) is 3.17. The molecule has 19 heteroatoms. The molecule has 0 rings (SSSR count). The quantitative estimate of drug-likeness (QED) is 0.249. The average Bonchev–Trinajstić information content (AvgIpc) is 2.52. The highest BCUT2D eigenvalue weighted by Gasteiger charge is 2.95. The molecule has 0 aliphatic rings. The van der Waals surface area contributed by atoms with Gasteiger partial charge < -0.3 is 4.74 Å². The van der Waals surface area contributed by atoms with E-state index in [0.717, 1.165) is 0 Å². The van der Waals surface area contributed by atoms with Crippen LogP contribution in [0.1, 0.15) is 0 Å². The van der Waals surface area contributed by atoms with E-state index in [-0.39, 0.29) is 0 Å². The molecule has 178 valence electrons. The summed E-state index contributed by atoms with van der Waals surface area (Å²) in [5, 5.41) is 0. The summed E-state index contributed by atoms with van der Waals surface area (Å²) in [4.78, 5) is 10.5. The summed E-state index contributed by atoms with van der Waals surface area (Å²) in [7, 11) is 0. The Balaban J connectivity index is 6.77. The molecule has 0 aromatic carbocycles. The number of halogens is 17. The Hall–Kier alpha value is -1.98. The van der Waals surface area contributed by atoms with Crippen LogP contribution in [0.25, 0.3) is 0 Å². The summed E-state index contributed by atoms with van der Waals surface area (Å²) in [6.07, 6.45) is -8.32. The van der Waals surface area contributed by atoms with E-state index in [2.05, 4.69) is 11.3 Å². The number of hydrogen-bond acceptors (Lipinski definition) is 2. The van der Waals surface area contributed by atoms with Crippen LogP contribution in [0.4, 0.5) is 74.6 Å². The van der Waals surface area contributed by atoms with Gasteiger partial charge in [0.1, 0.15) is 0 Å². The smallest absolute Gasteiger partial charge is 0.431 e. The number of alkyl halides is 17. The minimum absolute atomic E-state index is 0.491. The fourth-order valence-corrected chi connectivity index (χ4v) is 1.44. The second-order valence-electron chi connectivity index (χ2n) is 5.09. The Labute approximate surface area is 152 Å². The Morgan fingerprint density at radius 3 is 1.07 bits per heavy atom. The van der Waals surface area contributed by atoms with E-state index < -0.39 is 59.9 Å². The van der Waals surface area contributed by atoms with E-state index in [1.807, 2.05) is 0 Å². The highest BCUT2D eigenvalue weighted by atomic mass is 19.4. The Morgan fingerprint density at radius 1 is 0.533 bits per heavy atom. The number of esters is 1. The van der Waals surface area contributed by atoms with Crippen molar-refractivity contribution in [2.24, 2.45) is 0 Å². The van der Waals surface area contributed by atoms with Crippen LogP contribution >= 0.6 is 0 Å². The second kappa shape index (κ2) is 7.03. The van der Waals surface area contributed by atoms with Gasteiger partial charge in [0.25, 0.3) is 0 Å². The summed E-state index contributed by atoms with van der Waals surface area (Å²) >= 11 is 0. The molecule has 0 radical (unpaired) electrons. The van der Waals surface area contributed by atoms with Gasteiger partial charge in [-0.2, -0.15) is 74.6 Å². The van der Waals surface area contributed by atoms with Crippen LogP contribution in [-0.2, 0) is 9.53 Å². The molecule has 0 fully saturated rings. The number of hydrogen-bond donors (Lipinski definition) is 0. The first-order chi connectivity index (χ1) is 12.7. The van der Waals surface area contributed by atoms with E-state index in [9.17, 15) is 79.4 Å². The monoisotopic (exact) mass is 490 g/mol. The van der Waals surface area contributed by atoms with E-state index in [1.165, 1.54) is 0 Å². The topological polar surface area (TPSA) is 26.3 Å². The molecule has 0 heterocycles. The molecular formula is C11H3F17O2. The Bertz CT molecular complexity index is 674. The van der Waals surface area contributed by atoms with Crippen LogP contribution in [0.15, 0.2) is 12.8 Å². The van der Waals surface area contributed by atoms with Gasteiger partial charge in [0.15, 0.2) is 0 Å². The lowest BCUT2D eigenvalue weighted by Gasteiger charge is -2.42. The minimum Gasteiger partial charge on any atom is -0.431 e.